The summed E-state index contributed by atoms with van der Waals surface area (Å²) in [6.07, 6.45) is 1.45. The molecule has 1 aromatic heterocycles. The van der Waals surface area contributed by atoms with Crippen molar-refractivity contribution in [3.8, 4) is 5.75 Å². The maximum absolute atomic E-state index is 12.0. The van der Waals surface area contributed by atoms with Gasteiger partial charge in [-0.3, -0.25) is 9.78 Å². The van der Waals surface area contributed by atoms with Crippen molar-refractivity contribution in [3.63, 3.8) is 0 Å². The zero-order chi connectivity index (χ0) is 15.9. The summed E-state index contributed by atoms with van der Waals surface area (Å²) in [5.41, 5.74) is 1.18. The molecule has 2 rings (SSSR count). The minimum absolute atomic E-state index is 0.210. The molecule has 118 valence electrons. The summed E-state index contributed by atoms with van der Waals surface area (Å²) in [5.74, 6) is 1.80. The van der Waals surface area contributed by atoms with E-state index in [0.717, 1.165) is 24.3 Å². The van der Waals surface area contributed by atoms with Crippen molar-refractivity contribution in [1.29, 1.82) is 0 Å². The van der Waals surface area contributed by atoms with Crippen molar-refractivity contribution >= 4 is 5.95 Å². The van der Waals surface area contributed by atoms with Crippen molar-refractivity contribution in [1.82, 2.24) is 15.2 Å². The smallest absolute Gasteiger partial charge is 0.274 e. The topological polar surface area (TPSA) is 79.9 Å². The Balaban J connectivity index is 2.01. The van der Waals surface area contributed by atoms with Crippen LogP contribution in [0.25, 0.3) is 0 Å². The lowest BCUT2D eigenvalue weighted by Crippen LogP contribution is -2.20. The van der Waals surface area contributed by atoms with Gasteiger partial charge in [-0.1, -0.05) is 26.0 Å². The molecule has 0 saturated heterocycles. The van der Waals surface area contributed by atoms with E-state index in [1.807, 2.05) is 24.3 Å². The molecular formula is C16H22N4O2. The first-order chi connectivity index (χ1) is 10.6. The minimum Gasteiger partial charge on any atom is -0.497 e. The summed E-state index contributed by atoms with van der Waals surface area (Å²) in [4.78, 5) is 14.8. The Morgan fingerprint density at radius 1 is 1.23 bits per heavy atom. The Labute approximate surface area is 129 Å². The maximum atomic E-state index is 12.0. The molecule has 0 saturated carbocycles. The van der Waals surface area contributed by atoms with Gasteiger partial charge in [0.05, 0.1) is 7.11 Å². The summed E-state index contributed by atoms with van der Waals surface area (Å²) in [7, 11) is 1.62. The second-order valence-electron chi connectivity index (χ2n) is 5.58. The molecule has 0 amide bonds. The number of nitrogens with zero attached hydrogens (tertiary/aromatic N) is 2. The molecule has 2 aromatic rings. The molecule has 22 heavy (non-hydrogen) atoms. The van der Waals surface area contributed by atoms with E-state index in [1.54, 1.807) is 7.11 Å². The zero-order valence-corrected chi connectivity index (χ0v) is 13.2. The number of ether oxygens (including phenoxy) is 1. The Morgan fingerprint density at radius 3 is 2.55 bits per heavy atom. The number of benzene rings is 1. The van der Waals surface area contributed by atoms with E-state index in [1.165, 1.54) is 0 Å². The number of H-pyrrole nitrogens is 1. The van der Waals surface area contributed by atoms with Gasteiger partial charge in [-0.05, 0) is 30.0 Å². The second kappa shape index (κ2) is 7.59. The number of anilines is 1. The number of hydrogen-bond donors (Lipinski definition) is 2. The van der Waals surface area contributed by atoms with Crippen LogP contribution in [0.15, 0.2) is 29.1 Å². The predicted octanol–water partition coefficient (Wildman–Crippen LogP) is 2.22. The molecular weight excluding hydrogens is 280 g/mol. The number of aromatic amines is 1. The fourth-order valence-corrected chi connectivity index (χ4v) is 1.97. The second-order valence-corrected chi connectivity index (χ2v) is 5.58. The van der Waals surface area contributed by atoms with Crippen LogP contribution in [-0.4, -0.2) is 28.8 Å². The lowest BCUT2D eigenvalue weighted by Gasteiger charge is -2.07. The van der Waals surface area contributed by atoms with Crippen LogP contribution in [0.1, 0.15) is 31.5 Å². The average Bonchev–Trinajstić information content (AvgIpc) is 2.50. The van der Waals surface area contributed by atoms with Crippen LogP contribution < -0.4 is 15.6 Å². The van der Waals surface area contributed by atoms with E-state index in [0.29, 0.717) is 24.0 Å². The number of methoxy groups -OCH3 is 1. The number of rotatable bonds is 7. The molecule has 0 spiro atoms. The van der Waals surface area contributed by atoms with Crippen LogP contribution in [0.4, 0.5) is 5.95 Å². The van der Waals surface area contributed by atoms with Crippen molar-refractivity contribution in [2.75, 3.05) is 19.0 Å². The fraction of sp³-hybridized carbons (Fsp3) is 0.438. The van der Waals surface area contributed by atoms with Gasteiger partial charge in [-0.15, -0.1) is 10.2 Å². The van der Waals surface area contributed by atoms with Crippen LogP contribution >= 0.6 is 0 Å². The Morgan fingerprint density at radius 2 is 1.95 bits per heavy atom. The summed E-state index contributed by atoms with van der Waals surface area (Å²) >= 11 is 0. The quantitative estimate of drug-likeness (QED) is 0.820. The van der Waals surface area contributed by atoms with Crippen LogP contribution in [0, 0.1) is 5.92 Å². The fourth-order valence-electron chi connectivity index (χ4n) is 1.97. The third-order valence-electron chi connectivity index (χ3n) is 3.31. The number of nitrogens with one attached hydrogen (secondary N) is 2. The molecule has 0 bridgehead atoms. The van der Waals surface area contributed by atoms with Gasteiger partial charge < -0.3 is 10.1 Å². The first kappa shape index (κ1) is 16.0. The largest absolute Gasteiger partial charge is 0.497 e. The van der Waals surface area contributed by atoms with Crippen molar-refractivity contribution in [2.45, 2.75) is 26.7 Å². The van der Waals surface area contributed by atoms with Gasteiger partial charge in [0.1, 0.15) is 11.4 Å². The molecule has 6 nitrogen and oxygen atoms in total. The van der Waals surface area contributed by atoms with Gasteiger partial charge in [-0.25, -0.2) is 0 Å². The van der Waals surface area contributed by atoms with E-state index in [9.17, 15) is 4.79 Å². The summed E-state index contributed by atoms with van der Waals surface area (Å²) in [5, 5.41) is 11.1. The van der Waals surface area contributed by atoms with Gasteiger partial charge in [0.25, 0.3) is 5.56 Å². The molecule has 0 aliphatic rings. The molecule has 2 N–H and O–H groups in total. The average molecular weight is 302 g/mol. The highest BCUT2D eigenvalue weighted by molar-refractivity contribution is 5.30. The van der Waals surface area contributed by atoms with E-state index < -0.39 is 0 Å². The normalized spacial score (nSPS) is 10.7. The lowest BCUT2D eigenvalue weighted by molar-refractivity contribution is 0.414. The third-order valence-corrected chi connectivity index (χ3v) is 3.31. The molecule has 0 unspecified atom stereocenters. The molecule has 0 aliphatic carbocycles. The van der Waals surface area contributed by atoms with Crippen LogP contribution in [0.5, 0.6) is 5.75 Å². The Bertz CT molecular complexity index is 650. The highest BCUT2D eigenvalue weighted by Gasteiger charge is 2.06. The first-order valence-corrected chi connectivity index (χ1v) is 7.41. The van der Waals surface area contributed by atoms with Crippen molar-refractivity contribution in [2.24, 2.45) is 5.92 Å². The minimum atomic E-state index is -0.210. The number of hydrogen-bond acceptors (Lipinski definition) is 5. The highest BCUT2D eigenvalue weighted by Crippen LogP contribution is 2.12. The van der Waals surface area contributed by atoms with Crippen LogP contribution in [0.3, 0.4) is 0 Å². The third kappa shape index (κ3) is 4.58. The summed E-state index contributed by atoms with van der Waals surface area (Å²) in [6, 6.07) is 7.54. The lowest BCUT2D eigenvalue weighted by atomic mass is 10.1. The van der Waals surface area contributed by atoms with Crippen molar-refractivity contribution < 1.29 is 4.74 Å². The van der Waals surface area contributed by atoms with E-state index in [4.69, 9.17) is 4.74 Å². The molecule has 1 heterocycles. The highest BCUT2D eigenvalue weighted by atomic mass is 16.5. The van der Waals surface area contributed by atoms with E-state index in [2.05, 4.69) is 34.3 Å². The zero-order valence-electron chi connectivity index (χ0n) is 13.2. The van der Waals surface area contributed by atoms with Gasteiger partial charge in [0.2, 0.25) is 5.95 Å². The molecule has 0 radical (unpaired) electrons. The summed E-state index contributed by atoms with van der Waals surface area (Å²) in [6.45, 7) is 5.06. The molecule has 0 atom stereocenters. The maximum Gasteiger partial charge on any atom is 0.274 e. The van der Waals surface area contributed by atoms with E-state index >= 15 is 0 Å². The van der Waals surface area contributed by atoms with E-state index in [-0.39, 0.29) is 5.56 Å². The monoisotopic (exact) mass is 302 g/mol. The predicted molar refractivity (Wildman–Crippen MR) is 86.4 cm³/mol. The Kier molecular flexibility index (Phi) is 5.52. The standard InChI is InChI=1S/C16H22N4O2/c1-11(2)8-9-17-16-18-15(21)14(19-20-16)10-12-4-6-13(22-3)7-5-12/h4-7,11H,8-10H2,1-3H3,(H2,17,18,20,21). The van der Waals surface area contributed by atoms with Gasteiger partial charge in [-0.2, -0.15) is 0 Å². The van der Waals surface area contributed by atoms with Crippen molar-refractivity contribution in [3.05, 3.63) is 45.9 Å². The molecule has 6 heteroatoms. The molecule has 1 aromatic carbocycles. The molecule has 0 aliphatic heterocycles. The van der Waals surface area contributed by atoms with Crippen LogP contribution in [-0.2, 0) is 6.42 Å². The number of aromatic nitrogens is 3. The SMILES string of the molecule is COc1ccc(Cc2nnc(NCCC(C)C)[nH]c2=O)cc1. The van der Waals surface area contributed by atoms with Gasteiger partial charge >= 0.3 is 0 Å². The van der Waals surface area contributed by atoms with Gasteiger partial charge in [0, 0.05) is 13.0 Å². The first-order valence-electron chi connectivity index (χ1n) is 7.41. The van der Waals surface area contributed by atoms with Crippen LogP contribution in [0.2, 0.25) is 0 Å². The Hall–Kier alpha value is -2.37. The molecule has 0 fully saturated rings. The summed E-state index contributed by atoms with van der Waals surface area (Å²) < 4.78 is 5.11. The van der Waals surface area contributed by atoms with Gasteiger partial charge in [0.15, 0.2) is 0 Å².